The molecule has 2 heteroatoms. The highest BCUT2D eigenvalue weighted by Gasteiger charge is 2.35. The van der Waals surface area contributed by atoms with E-state index in [1.165, 1.54) is 66.0 Å². The van der Waals surface area contributed by atoms with Crippen LogP contribution in [-0.4, -0.2) is 4.57 Å². The molecule has 1 aromatic heterocycles. The highest BCUT2D eigenvalue weighted by Crippen LogP contribution is 2.51. The number of benzene rings is 8. The highest BCUT2D eigenvalue weighted by molar-refractivity contribution is 6.21. The van der Waals surface area contributed by atoms with Gasteiger partial charge in [0.05, 0.1) is 16.7 Å². The van der Waals surface area contributed by atoms with Crippen LogP contribution in [-0.2, 0) is 5.41 Å². The van der Waals surface area contributed by atoms with Crippen molar-refractivity contribution >= 4 is 49.6 Å². The van der Waals surface area contributed by atoms with Gasteiger partial charge >= 0.3 is 0 Å². The van der Waals surface area contributed by atoms with Gasteiger partial charge in [-0.05, 0) is 87.1 Å². The standard InChI is InChI=1S/C49H36N2/c1-49(2)43-23-13-11-22-40(43)42-31-36(27-29-44(42)49)50(45-24-14-12-20-38(45)33-15-5-3-6-16-33)37-26-28-41-47(32-37)51(35-18-7-4-8-19-35)46-30-25-34-17-9-10-21-39(34)48(41)46/h3-32H,1-2H3. The lowest BCUT2D eigenvalue weighted by Gasteiger charge is -2.29. The van der Waals surface area contributed by atoms with E-state index in [1.54, 1.807) is 0 Å². The Hall–Kier alpha value is -6.38. The Labute approximate surface area is 298 Å². The van der Waals surface area contributed by atoms with Crippen LogP contribution in [0.3, 0.4) is 0 Å². The van der Waals surface area contributed by atoms with Gasteiger partial charge in [0.2, 0.25) is 0 Å². The number of hydrogen-bond donors (Lipinski definition) is 0. The molecule has 0 unspecified atom stereocenters. The molecule has 0 bridgehead atoms. The molecule has 10 rings (SSSR count). The Morgan fingerprint density at radius 3 is 1.94 bits per heavy atom. The molecule has 1 heterocycles. The average Bonchev–Trinajstić information content (AvgIpc) is 3.64. The van der Waals surface area contributed by atoms with Crippen LogP contribution in [0.2, 0.25) is 0 Å². The molecule has 242 valence electrons. The molecule has 9 aromatic rings. The van der Waals surface area contributed by atoms with Crippen molar-refractivity contribution in [2.75, 3.05) is 4.90 Å². The molecular formula is C49H36N2. The lowest BCUT2D eigenvalue weighted by molar-refractivity contribution is 0.660. The second kappa shape index (κ2) is 11.3. The maximum atomic E-state index is 2.46. The normalized spacial score (nSPS) is 13.1. The predicted octanol–water partition coefficient (Wildman–Crippen LogP) is 13.4. The number of para-hydroxylation sites is 2. The minimum atomic E-state index is -0.0600. The Morgan fingerprint density at radius 2 is 1.10 bits per heavy atom. The molecule has 51 heavy (non-hydrogen) atoms. The molecule has 0 atom stereocenters. The lowest BCUT2D eigenvalue weighted by Crippen LogP contribution is -2.15. The summed E-state index contributed by atoms with van der Waals surface area (Å²) in [6.45, 7) is 4.69. The number of rotatable bonds is 5. The lowest BCUT2D eigenvalue weighted by atomic mass is 9.82. The Morgan fingerprint density at radius 1 is 0.451 bits per heavy atom. The smallest absolute Gasteiger partial charge is 0.0562 e. The quantitative estimate of drug-likeness (QED) is 0.180. The van der Waals surface area contributed by atoms with Gasteiger partial charge in [0.25, 0.3) is 0 Å². The third kappa shape index (κ3) is 4.50. The summed E-state index contributed by atoms with van der Waals surface area (Å²) in [5.41, 5.74) is 14.6. The molecule has 0 saturated carbocycles. The van der Waals surface area contributed by atoms with E-state index in [0.29, 0.717) is 0 Å². The first-order chi connectivity index (χ1) is 25.1. The van der Waals surface area contributed by atoms with Crippen molar-refractivity contribution in [2.45, 2.75) is 19.3 Å². The maximum Gasteiger partial charge on any atom is 0.0562 e. The third-order valence-electron chi connectivity index (χ3n) is 11.0. The minimum absolute atomic E-state index is 0.0600. The maximum absolute atomic E-state index is 2.46. The summed E-state index contributed by atoms with van der Waals surface area (Å²) >= 11 is 0. The molecule has 0 saturated heterocycles. The van der Waals surface area contributed by atoms with Crippen LogP contribution in [0.25, 0.3) is 60.5 Å². The van der Waals surface area contributed by atoms with Crippen molar-refractivity contribution in [3.63, 3.8) is 0 Å². The molecule has 0 radical (unpaired) electrons. The molecule has 1 aliphatic rings. The van der Waals surface area contributed by atoms with Crippen molar-refractivity contribution in [2.24, 2.45) is 0 Å². The molecule has 0 fully saturated rings. The van der Waals surface area contributed by atoms with E-state index in [0.717, 1.165) is 22.7 Å². The monoisotopic (exact) mass is 652 g/mol. The summed E-state index contributed by atoms with van der Waals surface area (Å²) in [5, 5.41) is 5.05. The number of fused-ring (bicyclic) bond motifs is 8. The summed E-state index contributed by atoms with van der Waals surface area (Å²) in [6.07, 6.45) is 0. The van der Waals surface area contributed by atoms with Crippen molar-refractivity contribution < 1.29 is 0 Å². The molecule has 0 aliphatic heterocycles. The summed E-state index contributed by atoms with van der Waals surface area (Å²) in [7, 11) is 0. The second-order valence-electron chi connectivity index (χ2n) is 14.2. The van der Waals surface area contributed by atoms with Crippen LogP contribution >= 0.6 is 0 Å². The first-order valence-corrected chi connectivity index (χ1v) is 17.8. The second-order valence-corrected chi connectivity index (χ2v) is 14.2. The molecular weight excluding hydrogens is 617 g/mol. The molecule has 1 aliphatic carbocycles. The Bertz CT molecular complexity index is 2770. The summed E-state index contributed by atoms with van der Waals surface area (Å²) < 4.78 is 2.43. The van der Waals surface area contributed by atoms with E-state index in [2.05, 4.69) is 205 Å². The number of hydrogen-bond acceptors (Lipinski definition) is 1. The zero-order valence-corrected chi connectivity index (χ0v) is 28.7. The molecule has 2 nitrogen and oxygen atoms in total. The van der Waals surface area contributed by atoms with E-state index in [1.807, 2.05) is 0 Å². The molecule has 0 amide bonds. The van der Waals surface area contributed by atoms with Gasteiger partial charge in [-0.15, -0.1) is 0 Å². The van der Waals surface area contributed by atoms with E-state index < -0.39 is 0 Å². The van der Waals surface area contributed by atoms with Crippen molar-refractivity contribution in [3.8, 4) is 27.9 Å². The molecule has 0 spiro atoms. The number of anilines is 3. The van der Waals surface area contributed by atoms with Crippen LogP contribution in [0.1, 0.15) is 25.0 Å². The topological polar surface area (TPSA) is 8.17 Å². The van der Waals surface area contributed by atoms with Crippen LogP contribution in [0.4, 0.5) is 17.1 Å². The van der Waals surface area contributed by atoms with Crippen molar-refractivity contribution in [1.29, 1.82) is 0 Å². The van der Waals surface area contributed by atoms with E-state index in [9.17, 15) is 0 Å². The Kier molecular flexibility index (Phi) is 6.56. The first kappa shape index (κ1) is 29.5. The number of nitrogens with zero attached hydrogens (tertiary/aromatic N) is 2. The van der Waals surface area contributed by atoms with Gasteiger partial charge in [0.1, 0.15) is 0 Å². The zero-order chi connectivity index (χ0) is 34.1. The molecule has 0 N–H and O–H groups in total. The third-order valence-corrected chi connectivity index (χ3v) is 11.0. The van der Waals surface area contributed by atoms with Gasteiger partial charge in [0.15, 0.2) is 0 Å². The zero-order valence-electron chi connectivity index (χ0n) is 28.7. The number of aromatic nitrogens is 1. The fourth-order valence-electron chi connectivity index (χ4n) is 8.57. The molecule has 8 aromatic carbocycles. The first-order valence-electron chi connectivity index (χ1n) is 17.8. The van der Waals surface area contributed by atoms with Gasteiger partial charge in [-0.1, -0.05) is 147 Å². The van der Waals surface area contributed by atoms with E-state index in [4.69, 9.17) is 0 Å². The van der Waals surface area contributed by atoms with Gasteiger partial charge in [-0.25, -0.2) is 0 Å². The predicted molar refractivity (Wildman–Crippen MR) is 216 cm³/mol. The summed E-state index contributed by atoms with van der Waals surface area (Å²) in [6, 6.07) is 66.6. The highest BCUT2D eigenvalue weighted by atomic mass is 15.1. The van der Waals surface area contributed by atoms with E-state index >= 15 is 0 Å². The van der Waals surface area contributed by atoms with Gasteiger partial charge in [-0.2, -0.15) is 0 Å². The van der Waals surface area contributed by atoms with Crippen LogP contribution < -0.4 is 4.90 Å². The van der Waals surface area contributed by atoms with E-state index in [-0.39, 0.29) is 5.41 Å². The SMILES string of the molecule is CC1(C)c2ccccc2-c2cc(N(c3ccc4c5c6ccccc6ccc5n(-c5ccccc5)c4c3)c3ccccc3-c3ccccc3)ccc21. The van der Waals surface area contributed by atoms with Gasteiger partial charge in [0, 0.05) is 38.8 Å². The van der Waals surface area contributed by atoms with Crippen molar-refractivity contribution in [1.82, 2.24) is 4.57 Å². The van der Waals surface area contributed by atoms with Crippen molar-refractivity contribution in [3.05, 3.63) is 193 Å². The summed E-state index contributed by atoms with van der Waals surface area (Å²) in [4.78, 5) is 2.46. The van der Waals surface area contributed by atoms with Gasteiger partial charge < -0.3 is 9.47 Å². The van der Waals surface area contributed by atoms with Crippen LogP contribution in [0.15, 0.2) is 182 Å². The van der Waals surface area contributed by atoms with Crippen LogP contribution in [0.5, 0.6) is 0 Å². The Balaban J connectivity index is 1.28. The fraction of sp³-hybridized carbons (Fsp3) is 0.0612. The summed E-state index contributed by atoms with van der Waals surface area (Å²) in [5.74, 6) is 0. The minimum Gasteiger partial charge on any atom is -0.310 e. The fourth-order valence-corrected chi connectivity index (χ4v) is 8.57. The van der Waals surface area contributed by atoms with Gasteiger partial charge in [-0.3, -0.25) is 0 Å². The van der Waals surface area contributed by atoms with Crippen LogP contribution in [0, 0.1) is 0 Å². The largest absolute Gasteiger partial charge is 0.310 e. The average molecular weight is 653 g/mol.